The summed E-state index contributed by atoms with van der Waals surface area (Å²) in [5, 5.41) is 10.1. The van der Waals surface area contributed by atoms with Crippen LogP contribution in [0.5, 0.6) is 0 Å². The molecule has 1 saturated heterocycles. The highest BCUT2D eigenvalue weighted by atomic mass is 16.3. The Morgan fingerprint density at radius 3 is 2.29 bits per heavy atom. The monoisotopic (exact) mass is 377 g/mol. The van der Waals surface area contributed by atoms with Gasteiger partial charge in [-0.3, -0.25) is 14.9 Å². The van der Waals surface area contributed by atoms with Crippen LogP contribution in [0.4, 0.5) is 5.82 Å². The van der Waals surface area contributed by atoms with Gasteiger partial charge >= 0.3 is 0 Å². The molecule has 1 atom stereocenters. The molecule has 4 rings (SSSR count). The number of hydrogen-bond donors (Lipinski definition) is 1. The number of nitrogens with zero attached hydrogens (tertiary/aromatic N) is 5. The second kappa shape index (κ2) is 7.45. The molecule has 0 radical (unpaired) electrons. The third-order valence-electron chi connectivity index (χ3n) is 5.62. The van der Waals surface area contributed by atoms with E-state index < -0.39 is 5.60 Å². The van der Waals surface area contributed by atoms with Gasteiger partial charge < -0.3 is 10.0 Å². The Morgan fingerprint density at radius 1 is 0.929 bits per heavy atom. The number of hydrogen-bond acceptors (Lipinski definition) is 6. The summed E-state index contributed by atoms with van der Waals surface area (Å²) in [4.78, 5) is 18.2. The van der Waals surface area contributed by atoms with Crippen LogP contribution in [-0.2, 0) is 5.60 Å². The zero-order valence-electron chi connectivity index (χ0n) is 16.7. The number of aromatic nitrogens is 3. The molecule has 3 aromatic rings. The van der Waals surface area contributed by atoms with Crippen molar-refractivity contribution in [3.63, 3.8) is 0 Å². The highest BCUT2D eigenvalue weighted by Crippen LogP contribution is 2.26. The predicted molar refractivity (Wildman–Crippen MR) is 111 cm³/mol. The SMILES string of the molecule is CC(c1ccc2nccnc2c1)N1CCN(c2ccc(C(C)(C)O)cn2)CC1. The van der Waals surface area contributed by atoms with E-state index in [1.54, 1.807) is 32.4 Å². The van der Waals surface area contributed by atoms with Gasteiger partial charge in [-0.15, -0.1) is 0 Å². The van der Waals surface area contributed by atoms with E-state index in [0.29, 0.717) is 6.04 Å². The first-order chi connectivity index (χ1) is 13.4. The first kappa shape index (κ1) is 18.8. The Balaban J connectivity index is 1.41. The number of pyridine rings is 1. The molecule has 1 aliphatic heterocycles. The first-order valence-electron chi connectivity index (χ1n) is 9.80. The molecular weight excluding hydrogens is 350 g/mol. The quantitative estimate of drug-likeness (QED) is 0.754. The predicted octanol–water partition coefficient (Wildman–Crippen LogP) is 3.14. The van der Waals surface area contributed by atoms with Gasteiger partial charge in [0.15, 0.2) is 0 Å². The third kappa shape index (κ3) is 3.84. The number of rotatable bonds is 4. The summed E-state index contributed by atoms with van der Waals surface area (Å²) >= 11 is 0. The largest absolute Gasteiger partial charge is 0.386 e. The lowest BCUT2D eigenvalue weighted by Gasteiger charge is -2.38. The fraction of sp³-hybridized carbons (Fsp3) is 0.409. The van der Waals surface area contributed by atoms with E-state index in [0.717, 1.165) is 48.6 Å². The minimum absolute atomic E-state index is 0.332. The van der Waals surface area contributed by atoms with Crippen molar-refractivity contribution >= 4 is 16.9 Å². The van der Waals surface area contributed by atoms with Gasteiger partial charge in [-0.1, -0.05) is 12.1 Å². The number of piperazine rings is 1. The van der Waals surface area contributed by atoms with Crippen molar-refractivity contribution in [1.82, 2.24) is 19.9 Å². The third-order valence-corrected chi connectivity index (χ3v) is 5.62. The van der Waals surface area contributed by atoms with Gasteiger partial charge in [0.1, 0.15) is 5.82 Å². The van der Waals surface area contributed by atoms with Gasteiger partial charge in [-0.2, -0.15) is 0 Å². The maximum Gasteiger partial charge on any atom is 0.128 e. The van der Waals surface area contributed by atoms with E-state index in [9.17, 15) is 5.11 Å². The molecule has 0 aliphatic carbocycles. The van der Waals surface area contributed by atoms with Crippen LogP contribution in [0.25, 0.3) is 11.0 Å². The fourth-order valence-electron chi connectivity index (χ4n) is 3.72. The van der Waals surface area contributed by atoms with Crippen molar-refractivity contribution in [2.45, 2.75) is 32.4 Å². The Labute approximate surface area is 165 Å². The van der Waals surface area contributed by atoms with Crippen LogP contribution >= 0.6 is 0 Å². The number of fused-ring (bicyclic) bond motifs is 1. The van der Waals surface area contributed by atoms with Crippen molar-refractivity contribution < 1.29 is 5.11 Å². The van der Waals surface area contributed by atoms with Crippen LogP contribution < -0.4 is 4.90 Å². The van der Waals surface area contributed by atoms with Crippen molar-refractivity contribution in [2.75, 3.05) is 31.1 Å². The highest BCUT2D eigenvalue weighted by molar-refractivity contribution is 5.74. The Hall–Kier alpha value is -2.57. The molecule has 0 spiro atoms. The molecule has 1 fully saturated rings. The maximum atomic E-state index is 10.1. The van der Waals surface area contributed by atoms with E-state index in [2.05, 4.69) is 49.9 Å². The molecular formula is C22H27N5O. The van der Waals surface area contributed by atoms with Crippen LogP contribution in [-0.4, -0.2) is 51.1 Å². The minimum Gasteiger partial charge on any atom is -0.386 e. The molecule has 2 aromatic heterocycles. The highest BCUT2D eigenvalue weighted by Gasteiger charge is 2.24. The normalized spacial score (nSPS) is 17.1. The van der Waals surface area contributed by atoms with Crippen LogP contribution in [0.2, 0.25) is 0 Å². The van der Waals surface area contributed by atoms with Gasteiger partial charge in [0, 0.05) is 56.4 Å². The van der Waals surface area contributed by atoms with E-state index >= 15 is 0 Å². The van der Waals surface area contributed by atoms with E-state index in [-0.39, 0.29) is 0 Å². The maximum absolute atomic E-state index is 10.1. The fourth-order valence-corrected chi connectivity index (χ4v) is 3.72. The summed E-state index contributed by atoms with van der Waals surface area (Å²) in [6.07, 6.45) is 5.25. The summed E-state index contributed by atoms with van der Waals surface area (Å²) in [5.41, 5.74) is 3.13. The van der Waals surface area contributed by atoms with Gasteiger partial charge in [0.05, 0.1) is 16.6 Å². The summed E-state index contributed by atoms with van der Waals surface area (Å²) in [6.45, 7) is 9.65. The van der Waals surface area contributed by atoms with Crippen molar-refractivity contribution in [3.8, 4) is 0 Å². The first-order valence-corrected chi connectivity index (χ1v) is 9.80. The molecule has 1 N–H and O–H groups in total. The lowest BCUT2D eigenvalue weighted by atomic mass is 10.0. The molecule has 6 nitrogen and oxygen atoms in total. The zero-order valence-corrected chi connectivity index (χ0v) is 16.7. The summed E-state index contributed by atoms with van der Waals surface area (Å²) in [5.74, 6) is 0.973. The lowest BCUT2D eigenvalue weighted by Crippen LogP contribution is -2.47. The minimum atomic E-state index is -0.857. The molecule has 0 saturated carbocycles. The average Bonchev–Trinajstić information content (AvgIpc) is 2.72. The standard InChI is InChI=1S/C22H27N5O/c1-16(17-4-6-19-20(14-17)24-9-8-23-19)26-10-12-27(13-11-26)21-7-5-18(15-25-21)22(2,3)28/h4-9,14-16,28H,10-13H2,1-3H3. The molecule has 28 heavy (non-hydrogen) atoms. The number of benzene rings is 1. The molecule has 1 aromatic carbocycles. The number of anilines is 1. The Kier molecular flexibility index (Phi) is 5.00. The van der Waals surface area contributed by atoms with Gasteiger partial charge in [0.2, 0.25) is 0 Å². The lowest BCUT2D eigenvalue weighted by molar-refractivity contribution is 0.0782. The molecule has 1 aliphatic rings. The topological polar surface area (TPSA) is 65.4 Å². The zero-order chi connectivity index (χ0) is 19.7. The molecule has 0 amide bonds. The van der Waals surface area contributed by atoms with Gasteiger partial charge in [-0.25, -0.2) is 4.98 Å². The van der Waals surface area contributed by atoms with Gasteiger partial charge in [-0.05, 0) is 44.5 Å². The molecule has 6 heteroatoms. The summed E-state index contributed by atoms with van der Waals surface area (Å²) in [7, 11) is 0. The van der Waals surface area contributed by atoms with Crippen molar-refractivity contribution in [2.24, 2.45) is 0 Å². The summed E-state index contributed by atoms with van der Waals surface area (Å²) in [6, 6.07) is 10.7. The van der Waals surface area contributed by atoms with E-state index in [1.165, 1.54) is 5.56 Å². The van der Waals surface area contributed by atoms with E-state index in [4.69, 9.17) is 0 Å². The molecule has 146 valence electrons. The smallest absolute Gasteiger partial charge is 0.128 e. The van der Waals surface area contributed by atoms with E-state index in [1.807, 2.05) is 12.1 Å². The van der Waals surface area contributed by atoms with Crippen LogP contribution in [0.1, 0.15) is 37.9 Å². The Morgan fingerprint density at radius 2 is 1.64 bits per heavy atom. The number of aliphatic hydroxyl groups is 1. The second-order valence-corrected chi connectivity index (χ2v) is 7.97. The Bertz CT molecular complexity index is 943. The second-order valence-electron chi connectivity index (χ2n) is 7.97. The van der Waals surface area contributed by atoms with Crippen LogP contribution in [0, 0.1) is 0 Å². The molecule has 0 bridgehead atoms. The van der Waals surface area contributed by atoms with Crippen molar-refractivity contribution in [1.29, 1.82) is 0 Å². The van der Waals surface area contributed by atoms with Gasteiger partial charge in [0.25, 0.3) is 0 Å². The summed E-state index contributed by atoms with van der Waals surface area (Å²) < 4.78 is 0. The average molecular weight is 377 g/mol. The molecule has 3 heterocycles. The van der Waals surface area contributed by atoms with Crippen LogP contribution in [0.15, 0.2) is 48.9 Å². The van der Waals surface area contributed by atoms with Crippen molar-refractivity contribution in [3.05, 3.63) is 60.0 Å². The molecule has 1 unspecified atom stereocenters. The van der Waals surface area contributed by atoms with Crippen LogP contribution in [0.3, 0.4) is 0 Å².